The maximum Gasteiger partial charge on any atom is 0.157 e. The molecular weight excluding hydrogens is 540 g/mol. The summed E-state index contributed by atoms with van der Waals surface area (Å²) in [5.74, 6) is 0.0174. The fourth-order valence-electron chi connectivity index (χ4n) is 5.24. The van der Waals surface area contributed by atoms with E-state index in [0.717, 1.165) is 89.0 Å². The second-order valence-electron chi connectivity index (χ2n) is 11.4. The quantitative estimate of drug-likeness (QED) is 0.101. The van der Waals surface area contributed by atoms with E-state index in [1.807, 2.05) is 6.92 Å². The van der Waals surface area contributed by atoms with Crippen LogP contribution in [0.3, 0.4) is 0 Å². The number of rotatable bonds is 26. The smallest absolute Gasteiger partial charge is 0.157 e. The van der Waals surface area contributed by atoms with Crippen LogP contribution < -0.4 is 16.0 Å². The zero-order valence-corrected chi connectivity index (χ0v) is 28.2. The lowest BCUT2D eigenvalue weighted by Crippen LogP contribution is -2.31. The minimum absolute atomic E-state index is 0.00557. The summed E-state index contributed by atoms with van der Waals surface area (Å²) >= 11 is 0. The number of hydrogen-bond donors (Lipinski definition) is 3. The van der Waals surface area contributed by atoms with Crippen molar-refractivity contribution in [3.8, 4) is 0 Å². The summed E-state index contributed by atoms with van der Waals surface area (Å²) in [4.78, 5) is 44.7. The van der Waals surface area contributed by atoms with Gasteiger partial charge in [0.25, 0.3) is 0 Å². The van der Waals surface area contributed by atoms with E-state index in [1.165, 1.54) is 32.9 Å². The van der Waals surface area contributed by atoms with Gasteiger partial charge in [-0.3, -0.25) is 14.4 Å². The molecule has 1 saturated heterocycles. The van der Waals surface area contributed by atoms with E-state index in [1.54, 1.807) is 18.2 Å². The molecule has 0 atom stereocenters. The lowest BCUT2D eigenvalue weighted by Gasteiger charge is -2.19. The third kappa shape index (κ3) is 19.4. The topological polar surface area (TPSA) is 97.0 Å². The van der Waals surface area contributed by atoms with E-state index in [-0.39, 0.29) is 17.3 Å². The van der Waals surface area contributed by atoms with E-state index in [2.05, 4.69) is 58.3 Å². The lowest BCUT2D eigenvalue weighted by atomic mass is 10.1. The van der Waals surface area contributed by atoms with E-state index >= 15 is 0 Å². The highest BCUT2D eigenvalue weighted by Gasteiger charge is 2.11. The summed E-state index contributed by atoms with van der Waals surface area (Å²) in [5.41, 5.74) is 2.48. The Morgan fingerprint density at radius 2 is 1.19 bits per heavy atom. The highest BCUT2D eigenvalue weighted by Crippen LogP contribution is 2.10. The largest absolute Gasteiger partial charge is 0.388 e. The van der Waals surface area contributed by atoms with Gasteiger partial charge in [-0.1, -0.05) is 27.7 Å². The molecule has 0 unspecified atom stereocenters. The van der Waals surface area contributed by atoms with Crippen LogP contribution in [-0.2, 0) is 14.4 Å². The van der Waals surface area contributed by atoms with Gasteiger partial charge < -0.3 is 30.7 Å². The van der Waals surface area contributed by atoms with Crippen molar-refractivity contribution < 1.29 is 14.4 Å². The fraction of sp³-hybridized carbons (Fsp3) is 0.735. The Balaban J connectivity index is 2.72. The highest BCUT2D eigenvalue weighted by molar-refractivity contribution is 5.92. The van der Waals surface area contributed by atoms with Crippen molar-refractivity contribution in [2.45, 2.75) is 86.5 Å². The first-order valence-corrected chi connectivity index (χ1v) is 16.7. The zero-order chi connectivity index (χ0) is 31.9. The van der Waals surface area contributed by atoms with E-state index in [0.29, 0.717) is 25.7 Å². The number of carbonyl (C=O) groups is 3. The van der Waals surface area contributed by atoms with Crippen LogP contribution in [0.5, 0.6) is 0 Å². The molecule has 0 amide bonds. The lowest BCUT2D eigenvalue weighted by molar-refractivity contribution is -0.115. The zero-order valence-electron chi connectivity index (χ0n) is 28.2. The normalized spacial score (nSPS) is 14.9. The minimum Gasteiger partial charge on any atom is -0.388 e. The molecule has 0 spiro atoms. The van der Waals surface area contributed by atoms with Gasteiger partial charge in [0.15, 0.2) is 17.3 Å². The summed E-state index contributed by atoms with van der Waals surface area (Å²) in [7, 11) is 0. The molecule has 0 aromatic rings. The van der Waals surface area contributed by atoms with Crippen molar-refractivity contribution in [3.05, 3.63) is 35.3 Å². The van der Waals surface area contributed by atoms with Crippen LogP contribution in [0.15, 0.2) is 35.3 Å². The predicted molar refractivity (Wildman–Crippen MR) is 179 cm³/mol. The maximum atomic E-state index is 13.0. The van der Waals surface area contributed by atoms with Gasteiger partial charge >= 0.3 is 0 Å². The molecule has 0 radical (unpaired) electrons. The SMILES string of the molecule is CCN(CC)CCCN/C(=C\C(=O)CC/C(=C/C(C)=O)NCCN(CC)CC)CCC(=O)/C=C(/C)NCCN1CCCC1. The number of hydrogen-bond acceptors (Lipinski definition) is 9. The van der Waals surface area contributed by atoms with Gasteiger partial charge in [0, 0.05) is 68.7 Å². The molecule has 0 saturated carbocycles. The van der Waals surface area contributed by atoms with Crippen molar-refractivity contribution in [2.24, 2.45) is 0 Å². The molecule has 1 fully saturated rings. The molecule has 0 aliphatic carbocycles. The third-order valence-electron chi connectivity index (χ3n) is 7.97. The third-order valence-corrected chi connectivity index (χ3v) is 7.97. The molecule has 43 heavy (non-hydrogen) atoms. The van der Waals surface area contributed by atoms with Gasteiger partial charge in [0.05, 0.1) is 0 Å². The average Bonchev–Trinajstić information content (AvgIpc) is 3.50. The molecule has 1 rings (SSSR count). The van der Waals surface area contributed by atoms with Crippen LogP contribution in [0.25, 0.3) is 0 Å². The summed E-state index contributed by atoms with van der Waals surface area (Å²) < 4.78 is 0. The first kappa shape index (κ1) is 38.5. The van der Waals surface area contributed by atoms with Crippen molar-refractivity contribution in [1.82, 2.24) is 30.7 Å². The van der Waals surface area contributed by atoms with Gasteiger partial charge in [-0.25, -0.2) is 0 Å². The molecule has 1 heterocycles. The van der Waals surface area contributed by atoms with Gasteiger partial charge in [-0.05, 0) is 104 Å². The monoisotopic (exact) mass is 602 g/mol. The number of ketones is 3. The molecule has 1 aliphatic rings. The molecule has 3 N–H and O–H groups in total. The molecule has 9 nitrogen and oxygen atoms in total. The Labute approximate surface area is 262 Å². The standard InChI is InChI=1S/C34H62N6O3/c1-7-38(8-2)23-13-18-36-32(15-16-33(42)26-29(5)35-19-25-40-21-11-12-22-40)28-34(43)17-14-31(27-30(6)41)37-20-24-39(9-3)10-4/h26-28,35-37H,7-25H2,1-6H3/b29-26-,31-27-,32-28-. The van der Waals surface area contributed by atoms with E-state index in [9.17, 15) is 14.4 Å². The first-order valence-electron chi connectivity index (χ1n) is 16.7. The molecule has 1 aliphatic heterocycles. The average molecular weight is 603 g/mol. The van der Waals surface area contributed by atoms with Crippen molar-refractivity contribution in [3.63, 3.8) is 0 Å². The Bertz CT molecular complexity index is 900. The van der Waals surface area contributed by atoms with Crippen LogP contribution in [0.4, 0.5) is 0 Å². The summed E-state index contributed by atoms with van der Waals surface area (Å²) in [6, 6.07) is 0. The molecule has 9 heteroatoms. The highest BCUT2D eigenvalue weighted by atomic mass is 16.1. The van der Waals surface area contributed by atoms with E-state index < -0.39 is 0 Å². The van der Waals surface area contributed by atoms with Crippen LogP contribution in [0.2, 0.25) is 0 Å². The predicted octanol–water partition coefficient (Wildman–Crippen LogP) is 3.88. The van der Waals surface area contributed by atoms with Crippen LogP contribution in [0, 0.1) is 0 Å². The number of nitrogens with zero attached hydrogens (tertiary/aromatic N) is 3. The summed E-state index contributed by atoms with van der Waals surface area (Å²) in [6.45, 7) is 23.6. The number of carbonyl (C=O) groups excluding carboxylic acids is 3. The van der Waals surface area contributed by atoms with Gasteiger partial charge in [-0.2, -0.15) is 0 Å². The van der Waals surface area contributed by atoms with Crippen LogP contribution in [-0.4, -0.2) is 111 Å². The molecular formula is C34H62N6O3. The Hall–Kier alpha value is -2.49. The molecule has 0 aromatic heterocycles. The Morgan fingerprint density at radius 3 is 1.77 bits per heavy atom. The second-order valence-corrected chi connectivity index (χ2v) is 11.4. The van der Waals surface area contributed by atoms with Gasteiger partial charge in [-0.15, -0.1) is 0 Å². The minimum atomic E-state index is -0.0312. The van der Waals surface area contributed by atoms with Crippen LogP contribution >= 0.6 is 0 Å². The fourth-order valence-corrected chi connectivity index (χ4v) is 5.24. The Kier molecular flexibility index (Phi) is 21.4. The summed E-state index contributed by atoms with van der Waals surface area (Å²) in [5, 5.41) is 10.2. The first-order chi connectivity index (χ1) is 20.7. The molecule has 0 bridgehead atoms. The van der Waals surface area contributed by atoms with Crippen LogP contribution in [0.1, 0.15) is 86.5 Å². The van der Waals surface area contributed by atoms with E-state index in [4.69, 9.17) is 0 Å². The second kappa shape index (κ2) is 23.9. The van der Waals surface area contributed by atoms with Crippen molar-refractivity contribution >= 4 is 17.3 Å². The number of likely N-dealkylation sites (tertiary alicyclic amines) is 1. The molecule has 246 valence electrons. The number of allylic oxidation sites excluding steroid dienone is 6. The van der Waals surface area contributed by atoms with Crippen molar-refractivity contribution in [1.29, 1.82) is 0 Å². The Morgan fingerprint density at radius 1 is 0.651 bits per heavy atom. The number of nitrogens with one attached hydrogen (secondary N) is 3. The number of likely N-dealkylation sites (N-methyl/N-ethyl adjacent to an activating group) is 1. The van der Waals surface area contributed by atoms with Gasteiger partial charge in [0.1, 0.15) is 0 Å². The van der Waals surface area contributed by atoms with Gasteiger partial charge in [0.2, 0.25) is 0 Å². The summed E-state index contributed by atoms with van der Waals surface area (Å²) in [6.07, 6.45) is 10.1. The maximum absolute atomic E-state index is 13.0. The molecule has 0 aromatic carbocycles. The van der Waals surface area contributed by atoms with Crippen molar-refractivity contribution in [2.75, 3.05) is 78.5 Å².